The minimum atomic E-state index is -4.20. The molecule has 8 rings (SSSR count). The van der Waals surface area contributed by atoms with Crippen molar-refractivity contribution in [2.45, 2.75) is 154 Å². The van der Waals surface area contributed by atoms with Crippen molar-refractivity contribution in [2.24, 2.45) is 28.1 Å². The number of rotatable bonds is 12. The maximum absolute atomic E-state index is 13.9. The van der Waals surface area contributed by atoms with Crippen LogP contribution in [0.4, 0.5) is 17.6 Å². The molecule has 4 aliphatic rings. The fraction of sp³-hybridized carbons (Fsp3) is 0.628. The summed E-state index contributed by atoms with van der Waals surface area (Å²) in [5, 5.41) is 8.34. The zero-order chi connectivity index (χ0) is 43.1. The first-order valence-electron chi connectivity index (χ1n) is 21.5. The lowest BCUT2D eigenvalue weighted by molar-refractivity contribution is -0.178. The number of hydrogen-bond donors (Lipinski definition) is 2. The number of fused-ring (bicyclic) bond motifs is 2. The van der Waals surface area contributed by atoms with Crippen LogP contribution in [0.5, 0.6) is 12.0 Å². The standard InChI is InChI=1S/C22H28FN3O4.C21H24F3N3O4/c1-22(23)11-9-16(10-12-22)26-30-21-24-19(28)18-15(13-17(27)29-20(18)25-21)8-7-14-5-3-2-4-6-14;22-21(23,24)14-7-9-15(10-8-14)27-31-20-25-18(29)17-13(4-2-1-3-12-5-6-12)11-16(28)30-19(17)26-20/h13-14H,2-12H2,1H3,(H,24,25,28);11-12,14H,1-10H2,(H,25,26,29). The van der Waals surface area contributed by atoms with Gasteiger partial charge in [-0.3, -0.25) is 19.6 Å². The van der Waals surface area contributed by atoms with Crippen molar-refractivity contribution in [2.75, 3.05) is 0 Å². The van der Waals surface area contributed by atoms with Gasteiger partial charge in [-0.25, -0.2) is 14.0 Å². The Morgan fingerprint density at radius 1 is 0.705 bits per heavy atom. The van der Waals surface area contributed by atoms with Crippen molar-refractivity contribution in [1.82, 2.24) is 19.9 Å². The van der Waals surface area contributed by atoms with Crippen molar-refractivity contribution in [3.8, 4) is 12.0 Å². The number of nitrogens with zero attached hydrogens (tertiary/aromatic N) is 4. The van der Waals surface area contributed by atoms with Crippen LogP contribution in [-0.4, -0.2) is 43.2 Å². The maximum atomic E-state index is 13.9. The monoisotopic (exact) mass is 856 g/mol. The highest BCUT2D eigenvalue weighted by Gasteiger charge is 2.41. The number of unbranched alkanes of at least 4 members (excludes halogenated alkanes) is 1. The van der Waals surface area contributed by atoms with Crippen LogP contribution in [0.15, 0.2) is 50.5 Å². The van der Waals surface area contributed by atoms with Crippen molar-refractivity contribution in [1.29, 1.82) is 0 Å². The number of oxime groups is 2. The first kappa shape index (κ1) is 43.9. The minimum absolute atomic E-state index is 0.0416. The molecule has 4 aromatic rings. The fourth-order valence-electron chi connectivity index (χ4n) is 8.47. The summed E-state index contributed by atoms with van der Waals surface area (Å²) in [5.74, 6) is 0.128. The summed E-state index contributed by atoms with van der Waals surface area (Å²) in [6.07, 6.45) is 11.7. The van der Waals surface area contributed by atoms with E-state index in [0.717, 1.165) is 37.3 Å². The van der Waals surface area contributed by atoms with Gasteiger partial charge in [0.2, 0.25) is 11.4 Å². The van der Waals surface area contributed by atoms with E-state index >= 15 is 0 Å². The van der Waals surface area contributed by atoms with Gasteiger partial charge in [0, 0.05) is 12.1 Å². The topological polar surface area (TPSA) is 195 Å². The molecule has 4 aromatic heterocycles. The van der Waals surface area contributed by atoms with Gasteiger partial charge in [-0.15, -0.1) is 0 Å². The zero-order valence-electron chi connectivity index (χ0n) is 34.3. The molecule has 0 saturated heterocycles. The summed E-state index contributed by atoms with van der Waals surface area (Å²) < 4.78 is 62.4. The van der Waals surface area contributed by atoms with Crippen LogP contribution in [0.25, 0.3) is 22.2 Å². The summed E-state index contributed by atoms with van der Waals surface area (Å²) in [5.41, 5.74) is -0.997. The third kappa shape index (κ3) is 12.2. The normalized spacial score (nSPS) is 21.2. The molecule has 4 heterocycles. The molecule has 330 valence electrons. The molecule has 0 radical (unpaired) electrons. The third-order valence-electron chi connectivity index (χ3n) is 12.3. The van der Waals surface area contributed by atoms with E-state index in [2.05, 4.69) is 30.2 Å². The van der Waals surface area contributed by atoms with Crippen molar-refractivity contribution >= 4 is 33.6 Å². The second kappa shape index (κ2) is 19.3. The number of halogens is 4. The predicted molar refractivity (Wildman–Crippen MR) is 219 cm³/mol. The van der Waals surface area contributed by atoms with Crippen molar-refractivity contribution in [3.63, 3.8) is 0 Å². The second-order valence-electron chi connectivity index (χ2n) is 17.2. The average Bonchev–Trinajstić information content (AvgIpc) is 4.05. The number of aromatic nitrogens is 4. The fourth-order valence-corrected chi connectivity index (χ4v) is 8.47. The van der Waals surface area contributed by atoms with Gasteiger partial charge >= 0.3 is 29.4 Å². The third-order valence-corrected chi connectivity index (χ3v) is 12.3. The molecule has 0 atom stereocenters. The van der Waals surface area contributed by atoms with E-state index < -0.39 is 40.1 Å². The van der Waals surface area contributed by atoms with Gasteiger partial charge in [-0.05, 0) is 107 Å². The highest BCUT2D eigenvalue weighted by molar-refractivity contribution is 5.85. The summed E-state index contributed by atoms with van der Waals surface area (Å²) in [6, 6.07) is 2.30. The molecule has 14 nitrogen and oxygen atoms in total. The summed E-state index contributed by atoms with van der Waals surface area (Å²) in [7, 11) is 0. The molecule has 0 aromatic carbocycles. The van der Waals surface area contributed by atoms with Gasteiger partial charge in [-0.2, -0.15) is 23.1 Å². The number of hydrogen-bond acceptors (Lipinski definition) is 12. The highest BCUT2D eigenvalue weighted by Crippen LogP contribution is 2.37. The summed E-state index contributed by atoms with van der Waals surface area (Å²) in [4.78, 5) is 72.8. The number of aryl methyl sites for hydroxylation is 2. The number of alkyl halides is 4. The van der Waals surface area contributed by atoms with Gasteiger partial charge in [0.15, 0.2) is 0 Å². The number of aromatic amines is 2. The van der Waals surface area contributed by atoms with E-state index in [4.69, 9.17) is 18.5 Å². The molecular weight excluding hydrogens is 804 g/mol. The van der Waals surface area contributed by atoms with Crippen molar-refractivity contribution in [3.05, 3.63) is 64.8 Å². The first-order chi connectivity index (χ1) is 29.2. The Bertz CT molecular complexity index is 2460. The van der Waals surface area contributed by atoms with Gasteiger partial charge in [-0.1, -0.05) is 68.1 Å². The van der Waals surface area contributed by atoms with E-state index in [1.165, 1.54) is 57.1 Å². The molecule has 4 aliphatic carbocycles. The molecule has 0 amide bonds. The lowest BCUT2D eigenvalue weighted by Gasteiger charge is -2.25. The molecule has 2 N–H and O–H groups in total. The smallest absolute Gasteiger partial charge is 0.391 e. The zero-order valence-corrected chi connectivity index (χ0v) is 34.3. The van der Waals surface area contributed by atoms with E-state index in [1.807, 2.05) is 0 Å². The lowest BCUT2D eigenvalue weighted by atomic mass is 9.85. The average molecular weight is 857 g/mol. The van der Waals surface area contributed by atoms with E-state index in [1.54, 1.807) is 6.92 Å². The van der Waals surface area contributed by atoms with Crippen LogP contribution in [0, 0.1) is 17.8 Å². The van der Waals surface area contributed by atoms with Crippen LogP contribution < -0.4 is 32.0 Å². The molecule has 4 fully saturated rings. The first-order valence-corrected chi connectivity index (χ1v) is 21.5. The van der Waals surface area contributed by atoms with Gasteiger partial charge in [0.1, 0.15) is 16.4 Å². The van der Waals surface area contributed by atoms with Crippen LogP contribution in [0.2, 0.25) is 0 Å². The van der Waals surface area contributed by atoms with E-state index in [9.17, 15) is 36.7 Å². The Hall–Kier alpha value is -5.16. The molecule has 0 spiro atoms. The molecule has 0 aliphatic heterocycles. The highest BCUT2D eigenvalue weighted by atomic mass is 19.4. The SMILES string of the molecule is CC1(F)CCC(=NOc2nc3oc(=O)cc(CCC4CCCCC4)c3c(=O)[nH]2)CC1.O=c1cc(CCCCC2CC2)c2c(=O)[nH]c(ON=C3CCC(C(F)(F)F)CC3)nc2o1. The Balaban J connectivity index is 0.000000184. The lowest BCUT2D eigenvalue weighted by Crippen LogP contribution is -2.28. The Morgan fingerprint density at radius 3 is 1.74 bits per heavy atom. The summed E-state index contributed by atoms with van der Waals surface area (Å²) >= 11 is 0. The largest absolute Gasteiger partial charge is 0.403 e. The Kier molecular flexibility index (Phi) is 13.9. The Labute approximate surface area is 347 Å². The van der Waals surface area contributed by atoms with Gasteiger partial charge in [0.05, 0.1) is 17.3 Å². The Morgan fingerprint density at radius 2 is 1.21 bits per heavy atom. The van der Waals surface area contributed by atoms with Gasteiger partial charge < -0.3 is 18.5 Å². The molecule has 4 saturated carbocycles. The molecule has 0 bridgehead atoms. The van der Waals surface area contributed by atoms with Crippen LogP contribution in [-0.2, 0) is 12.8 Å². The quantitative estimate of drug-likeness (QED) is 0.0789. The van der Waals surface area contributed by atoms with Crippen LogP contribution >= 0.6 is 0 Å². The molecule has 0 unspecified atom stereocenters. The van der Waals surface area contributed by atoms with E-state index in [-0.39, 0.29) is 59.9 Å². The maximum Gasteiger partial charge on any atom is 0.391 e. The molecule has 61 heavy (non-hydrogen) atoms. The predicted octanol–water partition coefficient (Wildman–Crippen LogP) is 8.91. The number of nitrogens with one attached hydrogen (secondary N) is 2. The van der Waals surface area contributed by atoms with E-state index in [0.29, 0.717) is 61.3 Å². The van der Waals surface area contributed by atoms with Crippen LogP contribution in [0.3, 0.4) is 0 Å². The van der Waals surface area contributed by atoms with Crippen LogP contribution in [0.1, 0.15) is 140 Å². The molecule has 18 heteroatoms. The van der Waals surface area contributed by atoms with Crippen molar-refractivity contribution < 1.29 is 36.1 Å². The summed E-state index contributed by atoms with van der Waals surface area (Å²) in [6.45, 7) is 1.58. The minimum Gasteiger partial charge on any atom is -0.403 e. The molecular formula is C43H52F4N6O8. The van der Waals surface area contributed by atoms with Gasteiger partial charge in [0.25, 0.3) is 11.1 Å². The second-order valence-corrected chi connectivity index (χ2v) is 17.2. The number of H-pyrrole nitrogens is 2.